The average molecular weight is 462 g/mol. The minimum atomic E-state index is -0.344. The zero-order chi connectivity index (χ0) is 24.0. The predicted molar refractivity (Wildman–Crippen MR) is 131 cm³/mol. The van der Waals surface area contributed by atoms with Gasteiger partial charge in [-0.3, -0.25) is 9.69 Å². The van der Waals surface area contributed by atoms with Gasteiger partial charge in [0.1, 0.15) is 17.7 Å². The number of furan rings is 1. The normalized spacial score (nSPS) is 19.0. The van der Waals surface area contributed by atoms with Crippen molar-refractivity contribution in [2.75, 3.05) is 30.4 Å². The molecule has 3 heterocycles. The summed E-state index contributed by atoms with van der Waals surface area (Å²) in [6.07, 6.45) is 6.72. The van der Waals surface area contributed by atoms with Gasteiger partial charge < -0.3 is 19.2 Å². The standard InChI is InChI=1S/C26H28FN5O2/c1-16-9-19(5-6-23(16)31-8-7-28-15-31)29-26(33)21-14-34-25-11-22(27)24(10-20(21)25)32-12-17(2)30(4)18(3)13-32/h5-11,14-15,17-18H,12-13H2,1-4H3,(H,29,33)/t17-,18+. The van der Waals surface area contributed by atoms with Crippen LogP contribution in [0.1, 0.15) is 29.8 Å². The average Bonchev–Trinajstić information content (AvgIpc) is 3.46. The van der Waals surface area contributed by atoms with Gasteiger partial charge in [0.25, 0.3) is 5.91 Å². The van der Waals surface area contributed by atoms with Crippen LogP contribution in [0, 0.1) is 12.7 Å². The van der Waals surface area contributed by atoms with Crippen LogP contribution >= 0.6 is 0 Å². The van der Waals surface area contributed by atoms with Crippen molar-refractivity contribution in [3.63, 3.8) is 0 Å². The minimum absolute atomic E-state index is 0.291. The molecule has 1 saturated heterocycles. The summed E-state index contributed by atoms with van der Waals surface area (Å²) in [7, 11) is 2.09. The third-order valence-electron chi connectivity index (χ3n) is 6.83. The van der Waals surface area contributed by atoms with Crippen LogP contribution in [0.15, 0.2) is 59.7 Å². The second-order valence-corrected chi connectivity index (χ2v) is 9.14. The van der Waals surface area contributed by atoms with Crippen molar-refractivity contribution in [2.45, 2.75) is 32.9 Å². The fourth-order valence-corrected chi connectivity index (χ4v) is 4.68. The highest BCUT2D eigenvalue weighted by Gasteiger charge is 2.29. The van der Waals surface area contributed by atoms with E-state index in [1.165, 1.54) is 12.3 Å². The van der Waals surface area contributed by atoms with Crippen LogP contribution in [-0.2, 0) is 0 Å². The highest BCUT2D eigenvalue weighted by atomic mass is 19.1. The SMILES string of the molecule is Cc1cc(NC(=O)c2coc3cc(F)c(N4C[C@@H](C)N(C)[C@@H](C)C4)cc23)ccc1-n1ccnc1. The maximum absolute atomic E-state index is 15.0. The van der Waals surface area contributed by atoms with E-state index in [9.17, 15) is 9.18 Å². The van der Waals surface area contributed by atoms with E-state index in [0.717, 1.165) is 11.3 Å². The molecular formula is C26H28FN5O2. The molecule has 2 aromatic heterocycles. The van der Waals surface area contributed by atoms with Gasteiger partial charge in [-0.1, -0.05) is 0 Å². The molecule has 2 atom stereocenters. The molecule has 1 amide bonds. The second kappa shape index (κ2) is 8.61. The Hall–Kier alpha value is -3.65. The number of nitrogens with zero attached hydrogens (tertiary/aromatic N) is 4. The number of imidazole rings is 1. The Kier molecular flexibility index (Phi) is 5.61. The molecule has 0 aliphatic carbocycles. The van der Waals surface area contributed by atoms with E-state index in [-0.39, 0.29) is 11.7 Å². The van der Waals surface area contributed by atoms with Gasteiger partial charge >= 0.3 is 0 Å². The molecule has 7 nitrogen and oxygen atoms in total. The van der Waals surface area contributed by atoms with E-state index in [0.29, 0.717) is 53.1 Å². The van der Waals surface area contributed by atoms with Gasteiger partial charge in [-0.25, -0.2) is 9.37 Å². The predicted octanol–water partition coefficient (Wildman–Crippen LogP) is 4.85. The van der Waals surface area contributed by atoms with Crippen molar-refractivity contribution in [2.24, 2.45) is 0 Å². The van der Waals surface area contributed by atoms with Crippen LogP contribution in [0.3, 0.4) is 0 Å². The summed E-state index contributed by atoms with van der Waals surface area (Å²) in [6, 6.07) is 9.39. The smallest absolute Gasteiger partial charge is 0.259 e. The summed E-state index contributed by atoms with van der Waals surface area (Å²) in [5.74, 6) is -0.644. The number of halogens is 1. The lowest BCUT2D eigenvalue weighted by atomic mass is 10.1. The quantitative estimate of drug-likeness (QED) is 0.471. The van der Waals surface area contributed by atoms with Crippen molar-refractivity contribution in [1.29, 1.82) is 0 Å². The second-order valence-electron chi connectivity index (χ2n) is 9.14. The molecule has 4 aromatic rings. The first-order valence-electron chi connectivity index (χ1n) is 11.4. The molecule has 0 radical (unpaired) electrons. The number of fused-ring (bicyclic) bond motifs is 1. The van der Waals surface area contributed by atoms with Gasteiger partial charge in [-0.2, -0.15) is 0 Å². The number of aromatic nitrogens is 2. The number of likely N-dealkylation sites (N-methyl/N-ethyl adjacent to an activating group) is 1. The number of rotatable bonds is 4. The molecule has 1 fully saturated rings. The number of carbonyl (C=O) groups excluding carboxylic acids is 1. The van der Waals surface area contributed by atoms with Crippen molar-refractivity contribution in [1.82, 2.24) is 14.5 Å². The number of hydrogen-bond acceptors (Lipinski definition) is 5. The molecule has 5 rings (SSSR count). The zero-order valence-electron chi connectivity index (χ0n) is 19.7. The lowest BCUT2D eigenvalue weighted by molar-refractivity contribution is 0.102. The first-order chi connectivity index (χ1) is 16.3. The van der Waals surface area contributed by atoms with E-state index < -0.39 is 0 Å². The molecule has 2 aromatic carbocycles. The van der Waals surface area contributed by atoms with Crippen molar-refractivity contribution in [3.05, 3.63) is 72.3 Å². The van der Waals surface area contributed by atoms with Gasteiger partial charge in [-0.15, -0.1) is 0 Å². The number of amides is 1. The third-order valence-corrected chi connectivity index (χ3v) is 6.83. The van der Waals surface area contributed by atoms with Gasteiger partial charge in [0.05, 0.1) is 17.6 Å². The van der Waals surface area contributed by atoms with E-state index in [2.05, 4.69) is 41.0 Å². The van der Waals surface area contributed by atoms with Crippen LogP contribution in [0.25, 0.3) is 16.7 Å². The van der Waals surface area contributed by atoms with Gasteiger partial charge in [0, 0.05) is 60.4 Å². The Bertz CT molecular complexity index is 1330. The lowest BCUT2D eigenvalue weighted by Gasteiger charge is -2.43. The summed E-state index contributed by atoms with van der Waals surface area (Å²) < 4.78 is 22.5. The summed E-state index contributed by atoms with van der Waals surface area (Å²) >= 11 is 0. The third kappa shape index (κ3) is 3.94. The van der Waals surface area contributed by atoms with Crippen molar-refractivity contribution < 1.29 is 13.6 Å². The number of piperazine rings is 1. The molecule has 8 heteroatoms. The van der Waals surface area contributed by atoms with E-state index in [1.807, 2.05) is 35.9 Å². The Morgan fingerprint density at radius 3 is 2.59 bits per heavy atom. The number of benzene rings is 2. The highest BCUT2D eigenvalue weighted by Crippen LogP contribution is 2.32. The summed E-state index contributed by atoms with van der Waals surface area (Å²) in [5, 5.41) is 3.54. The monoisotopic (exact) mass is 461 g/mol. The molecule has 176 valence electrons. The summed E-state index contributed by atoms with van der Waals surface area (Å²) in [6.45, 7) is 7.67. The van der Waals surface area contributed by atoms with Crippen LogP contribution < -0.4 is 10.2 Å². The maximum Gasteiger partial charge on any atom is 0.259 e. The molecule has 0 unspecified atom stereocenters. The zero-order valence-corrected chi connectivity index (χ0v) is 19.7. The number of anilines is 2. The number of hydrogen-bond donors (Lipinski definition) is 1. The molecule has 1 N–H and O–H groups in total. The van der Waals surface area contributed by atoms with Crippen LogP contribution in [-0.4, -0.2) is 52.6 Å². The van der Waals surface area contributed by atoms with E-state index in [4.69, 9.17) is 4.42 Å². The number of aryl methyl sites for hydroxylation is 1. The molecule has 1 aliphatic heterocycles. The molecule has 0 spiro atoms. The van der Waals surface area contributed by atoms with Crippen LogP contribution in [0.5, 0.6) is 0 Å². The minimum Gasteiger partial charge on any atom is -0.463 e. The fraction of sp³-hybridized carbons (Fsp3) is 0.308. The fourth-order valence-electron chi connectivity index (χ4n) is 4.68. The first kappa shape index (κ1) is 22.2. The van der Waals surface area contributed by atoms with Gasteiger partial charge in [0.2, 0.25) is 0 Å². The van der Waals surface area contributed by atoms with Crippen LogP contribution in [0.2, 0.25) is 0 Å². The maximum atomic E-state index is 15.0. The Labute approximate surface area is 197 Å². The van der Waals surface area contributed by atoms with Crippen LogP contribution in [0.4, 0.5) is 15.8 Å². The molecule has 1 aliphatic rings. The molecular weight excluding hydrogens is 433 g/mol. The van der Waals surface area contributed by atoms with Gasteiger partial charge in [-0.05, 0) is 57.6 Å². The van der Waals surface area contributed by atoms with Gasteiger partial charge in [0.15, 0.2) is 0 Å². The Balaban J connectivity index is 1.42. The first-order valence-corrected chi connectivity index (χ1v) is 11.4. The lowest BCUT2D eigenvalue weighted by Crippen LogP contribution is -2.55. The Morgan fingerprint density at radius 2 is 1.91 bits per heavy atom. The number of carbonyl (C=O) groups is 1. The topological polar surface area (TPSA) is 66.5 Å². The Morgan fingerprint density at radius 1 is 1.15 bits per heavy atom. The molecule has 0 bridgehead atoms. The number of nitrogens with one attached hydrogen (secondary N) is 1. The molecule has 34 heavy (non-hydrogen) atoms. The van der Waals surface area contributed by atoms with E-state index >= 15 is 0 Å². The van der Waals surface area contributed by atoms with Crippen molar-refractivity contribution in [3.8, 4) is 5.69 Å². The summed E-state index contributed by atoms with van der Waals surface area (Å²) in [4.78, 5) is 21.6. The highest BCUT2D eigenvalue weighted by molar-refractivity contribution is 6.12. The molecule has 0 saturated carbocycles. The largest absolute Gasteiger partial charge is 0.463 e. The van der Waals surface area contributed by atoms with E-state index in [1.54, 1.807) is 18.6 Å². The summed E-state index contributed by atoms with van der Waals surface area (Å²) in [5.41, 5.74) is 3.88. The van der Waals surface area contributed by atoms with Crippen molar-refractivity contribution >= 4 is 28.3 Å².